The number of fused-ring (bicyclic) bond motifs is 6. The summed E-state index contributed by atoms with van der Waals surface area (Å²) in [5.41, 5.74) is 11.4. The molecule has 0 amide bonds. The Kier molecular flexibility index (Phi) is 5.34. The van der Waals surface area contributed by atoms with Crippen LogP contribution in [-0.4, -0.2) is 14.5 Å². The van der Waals surface area contributed by atoms with Gasteiger partial charge in [-0.2, -0.15) is 0 Å². The highest BCUT2D eigenvalue weighted by molar-refractivity contribution is 6.08. The molecule has 0 fully saturated rings. The summed E-state index contributed by atoms with van der Waals surface area (Å²) < 4.78 is 2.15. The zero-order valence-electron chi connectivity index (χ0n) is 22.0. The molecule has 7 aromatic rings. The molecule has 8 rings (SSSR count). The lowest BCUT2D eigenvalue weighted by molar-refractivity contribution is 0.673. The van der Waals surface area contributed by atoms with Gasteiger partial charge in [0.1, 0.15) is 0 Å². The summed E-state index contributed by atoms with van der Waals surface area (Å²) in [6.07, 6.45) is 5.98. The summed E-state index contributed by atoms with van der Waals surface area (Å²) in [5.74, 6) is 1.17. The van der Waals surface area contributed by atoms with Gasteiger partial charge in [0.25, 0.3) is 0 Å². The van der Waals surface area contributed by atoms with Crippen molar-refractivity contribution in [1.82, 2.24) is 14.5 Å². The molecule has 0 spiro atoms. The maximum absolute atomic E-state index is 4.81. The van der Waals surface area contributed by atoms with Gasteiger partial charge in [-0.05, 0) is 64.3 Å². The number of aromatic nitrogens is 3. The number of hydrogen-bond acceptors (Lipinski definition) is 2. The van der Waals surface area contributed by atoms with Gasteiger partial charge in [0, 0.05) is 28.7 Å². The lowest BCUT2D eigenvalue weighted by Crippen LogP contribution is -2.13. The first kappa shape index (κ1) is 22.9. The number of rotatable bonds is 4. The zero-order valence-corrected chi connectivity index (χ0v) is 22.0. The highest BCUT2D eigenvalue weighted by Gasteiger charge is 2.24. The molecule has 3 heteroatoms. The molecule has 190 valence electrons. The summed E-state index contributed by atoms with van der Waals surface area (Å²) in [6.45, 7) is 0. The fourth-order valence-corrected chi connectivity index (χ4v) is 6.46. The minimum Gasteiger partial charge on any atom is -0.278 e. The molecule has 2 aromatic heterocycles. The molecule has 0 bridgehead atoms. The lowest BCUT2D eigenvalue weighted by Gasteiger charge is -2.28. The molecule has 0 aliphatic heterocycles. The molecule has 2 heterocycles. The largest absolute Gasteiger partial charge is 0.278 e. The van der Waals surface area contributed by atoms with Crippen LogP contribution < -0.4 is 0 Å². The molecule has 3 nitrogen and oxygen atoms in total. The quantitative estimate of drug-likeness (QED) is 0.235. The third-order valence-corrected chi connectivity index (χ3v) is 8.36. The van der Waals surface area contributed by atoms with Gasteiger partial charge >= 0.3 is 0 Å². The molecule has 1 aliphatic carbocycles. The topological polar surface area (TPSA) is 30.7 Å². The van der Waals surface area contributed by atoms with Gasteiger partial charge in [0.15, 0.2) is 0 Å². The summed E-state index contributed by atoms with van der Waals surface area (Å²) in [7, 11) is 0. The zero-order chi connectivity index (χ0) is 26.5. The minimum atomic E-state index is 0.478. The summed E-state index contributed by atoms with van der Waals surface area (Å²) >= 11 is 0. The molecule has 5 aromatic carbocycles. The Hall–Kier alpha value is -5.02. The predicted molar refractivity (Wildman–Crippen MR) is 164 cm³/mol. The maximum Gasteiger partial charge on any atom is 0.234 e. The fraction of sp³-hybridized carbons (Fsp3) is 0.0811. The van der Waals surface area contributed by atoms with Crippen LogP contribution in [0.2, 0.25) is 0 Å². The van der Waals surface area contributed by atoms with E-state index in [9.17, 15) is 0 Å². The van der Waals surface area contributed by atoms with Crippen molar-refractivity contribution < 1.29 is 0 Å². The smallest absolute Gasteiger partial charge is 0.234 e. The van der Waals surface area contributed by atoms with Gasteiger partial charge in [-0.1, -0.05) is 109 Å². The SMILES string of the molecule is c1ccc2c(c1)CC(Cc1ccc(-c3cnc(-n4c5ccccc5c5ccccc54)nc3)cc1)c1ccccc1-2. The van der Waals surface area contributed by atoms with Gasteiger partial charge in [0.05, 0.1) is 11.0 Å². The van der Waals surface area contributed by atoms with E-state index in [1.807, 2.05) is 12.4 Å². The van der Waals surface area contributed by atoms with Crippen LogP contribution in [0.3, 0.4) is 0 Å². The summed E-state index contributed by atoms with van der Waals surface area (Å²) in [5, 5.41) is 2.43. The van der Waals surface area contributed by atoms with Gasteiger partial charge in [-0.3, -0.25) is 4.57 Å². The molecule has 1 atom stereocenters. The summed E-state index contributed by atoms with van der Waals surface area (Å²) in [6, 6.07) is 43.6. The Labute approximate surface area is 233 Å². The Bertz CT molecular complexity index is 1950. The third-order valence-electron chi connectivity index (χ3n) is 8.36. The van der Waals surface area contributed by atoms with Crippen molar-refractivity contribution in [3.8, 4) is 28.2 Å². The second-order valence-corrected chi connectivity index (χ2v) is 10.7. The van der Waals surface area contributed by atoms with Crippen molar-refractivity contribution in [1.29, 1.82) is 0 Å². The second-order valence-electron chi connectivity index (χ2n) is 10.7. The van der Waals surface area contributed by atoms with Crippen molar-refractivity contribution in [3.05, 3.63) is 150 Å². The van der Waals surface area contributed by atoms with Crippen LogP contribution in [-0.2, 0) is 12.8 Å². The Morgan fingerprint density at radius 2 is 1.18 bits per heavy atom. The molecule has 0 saturated heterocycles. The number of nitrogens with zero attached hydrogens (tertiary/aromatic N) is 3. The average Bonchev–Trinajstić information content (AvgIpc) is 3.36. The normalized spacial score (nSPS) is 14.2. The first-order valence-corrected chi connectivity index (χ1v) is 13.9. The van der Waals surface area contributed by atoms with E-state index in [0.717, 1.165) is 35.0 Å². The maximum atomic E-state index is 4.81. The summed E-state index contributed by atoms with van der Waals surface area (Å²) in [4.78, 5) is 9.62. The number of hydrogen-bond donors (Lipinski definition) is 0. The van der Waals surface area contributed by atoms with E-state index in [0.29, 0.717) is 11.9 Å². The first-order chi connectivity index (χ1) is 19.8. The lowest BCUT2D eigenvalue weighted by atomic mass is 9.76. The van der Waals surface area contributed by atoms with E-state index in [1.54, 1.807) is 0 Å². The van der Waals surface area contributed by atoms with Crippen LogP contribution in [0.25, 0.3) is 50.0 Å². The standard InChI is InChI=1S/C37H27N3/c1-2-10-30-27(9-1)22-28(31-11-3-4-12-32(30)31)21-25-17-19-26(20-18-25)29-23-38-37(39-24-29)40-35-15-7-5-13-33(35)34-14-6-8-16-36(34)40/h1-20,23-24,28H,21-22H2. The van der Waals surface area contributed by atoms with Gasteiger partial charge in [0.2, 0.25) is 5.95 Å². The van der Waals surface area contributed by atoms with Gasteiger partial charge < -0.3 is 0 Å². The molecule has 0 N–H and O–H groups in total. The number of benzene rings is 5. The van der Waals surface area contributed by atoms with Gasteiger partial charge in [-0.15, -0.1) is 0 Å². The van der Waals surface area contributed by atoms with Crippen LogP contribution in [0.15, 0.2) is 134 Å². The van der Waals surface area contributed by atoms with E-state index >= 15 is 0 Å². The predicted octanol–water partition coefficient (Wildman–Crippen LogP) is 8.79. The average molecular weight is 514 g/mol. The van der Waals surface area contributed by atoms with Crippen molar-refractivity contribution in [2.24, 2.45) is 0 Å². The molecule has 40 heavy (non-hydrogen) atoms. The molecule has 0 saturated carbocycles. The van der Waals surface area contributed by atoms with Crippen LogP contribution in [0, 0.1) is 0 Å². The monoisotopic (exact) mass is 513 g/mol. The van der Waals surface area contributed by atoms with Gasteiger partial charge in [-0.25, -0.2) is 9.97 Å². The number of para-hydroxylation sites is 2. The van der Waals surface area contributed by atoms with E-state index in [1.165, 1.54) is 38.6 Å². The van der Waals surface area contributed by atoms with Crippen molar-refractivity contribution in [3.63, 3.8) is 0 Å². The molecule has 1 aliphatic rings. The van der Waals surface area contributed by atoms with E-state index in [4.69, 9.17) is 9.97 Å². The van der Waals surface area contributed by atoms with Crippen molar-refractivity contribution in [2.45, 2.75) is 18.8 Å². The fourth-order valence-electron chi connectivity index (χ4n) is 6.46. The van der Waals surface area contributed by atoms with Crippen LogP contribution in [0.1, 0.15) is 22.6 Å². The van der Waals surface area contributed by atoms with Crippen molar-refractivity contribution in [2.75, 3.05) is 0 Å². The molecule has 0 radical (unpaired) electrons. The molecule has 1 unspecified atom stereocenters. The first-order valence-electron chi connectivity index (χ1n) is 13.9. The van der Waals surface area contributed by atoms with Crippen LogP contribution >= 0.6 is 0 Å². The second kappa shape index (κ2) is 9.32. The minimum absolute atomic E-state index is 0.478. The third kappa shape index (κ3) is 3.74. The Morgan fingerprint density at radius 1 is 0.575 bits per heavy atom. The van der Waals surface area contributed by atoms with E-state index in [2.05, 4.69) is 126 Å². The Balaban J connectivity index is 1.07. The molecular formula is C37H27N3. The van der Waals surface area contributed by atoms with Crippen LogP contribution in [0.4, 0.5) is 0 Å². The molecular weight excluding hydrogens is 486 g/mol. The Morgan fingerprint density at radius 3 is 1.90 bits per heavy atom. The highest BCUT2D eigenvalue weighted by Crippen LogP contribution is 2.41. The highest BCUT2D eigenvalue weighted by atomic mass is 15.1. The van der Waals surface area contributed by atoms with Crippen LogP contribution in [0.5, 0.6) is 0 Å². The van der Waals surface area contributed by atoms with Crippen molar-refractivity contribution >= 4 is 21.8 Å². The van der Waals surface area contributed by atoms with E-state index < -0.39 is 0 Å². The van der Waals surface area contributed by atoms with E-state index in [-0.39, 0.29) is 0 Å².